The van der Waals surface area contributed by atoms with Crippen molar-refractivity contribution in [2.75, 3.05) is 0 Å². The number of fused-ring (bicyclic) bond motifs is 1. The van der Waals surface area contributed by atoms with E-state index in [4.69, 9.17) is 0 Å². The summed E-state index contributed by atoms with van der Waals surface area (Å²) in [5.41, 5.74) is 0.468. The van der Waals surface area contributed by atoms with Gasteiger partial charge in [-0.1, -0.05) is 6.92 Å². The van der Waals surface area contributed by atoms with E-state index < -0.39 is 26.7 Å². The fourth-order valence-electron chi connectivity index (χ4n) is 2.95. The number of aromatic nitrogens is 1. The molecule has 7 heteroatoms. The van der Waals surface area contributed by atoms with Gasteiger partial charge in [-0.3, -0.25) is 14.3 Å². The zero-order valence-corrected chi connectivity index (χ0v) is 12.6. The Balaban J connectivity index is 1.82. The molecule has 1 atom stereocenters. The zero-order chi connectivity index (χ0) is 15.3. The molecule has 1 amide bonds. The lowest BCUT2D eigenvalue weighted by atomic mass is 10.0. The number of carbonyl (C=O) groups is 2. The molecule has 1 saturated carbocycles. The largest absolute Gasteiger partial charge is 0.333 e. The third-order valence-electron chi connectivity index (χ3n) is 4.60. The first-order chi connectivity index (χ1) is 9.90. The van der Waals surface area contributed by atoms with E-state index in [2.05, 4.69) is 4.72 Å². The van der Waals surface area contributed by atoms with E-state index in [1.54, 1.807) is 22.9 Å². The van der Waals surface area contributed by atoms with E-state index in [0.29, 0.717) is 31.4 Å². The molecule has 114 valence electrons. The second-order valence-electron chi connectivity index (χ2n) is 5.78. The normalized spacial score (nSPS) is 23.5. The summed E-state index contributed by atoms with van der Waals surface area (Å²) in [6, 6.07) is 2.72. The molecule has 0 bridgehead atoms. The van der Waals surface area contributed by atoms with Gasteiger partial charge in [-0.05, 0) is 37.8 Å². The molecule has 0 saturated heterocycles. The summed E-state index contributed by atoms with van der Waals surface area (Å²) >= 11 is 0. The maximum atomic E-state index is 12.3. The van der Waals surface area contributed by atoms with Crippen molar-refractivity contribution >= 4 is 21.7 Å². The lowest BCUT2D eigenvalue weighted by Gasteiger charge is -2.25. The van der Waals surface area contributed by atoms with Crippen LogP contribution in [0.5, 0.6) is 0 Å². The van der Waals surface area contributed by atoms with Crippen LogP contribution in [0.1, 0.15) is 55.6 Å². The van der Waals surface area contributed by atoms with Crippen LogP contribution in [-0.4, -0.2) is 29.4 Å². The lowest BCUT2D eigenvalue weighted by molar-refractivity contribution is -0.122. The molecule has 1 aromatic rings. The minimum absolute atomic E-state index is 0.0147. The Kier molecular flexibility index (Phi) is 3.20. The Labute approximate surface area is 123 Å². The molecular formula is C14H18N2O4S. The summed E-state index contributed by atoms with van der Waals surface area (Å²) in [7, 11) is -3.64. The van der Waals surface area contributed by atoms with E-state index in [1.807, 2.05) is 6.92 Å². The summed E-state index contributed by atoms with van der Waals surface area (Å²) in [6.07, 6.45) is 3.96. The summed E-state index contributed by atoms with van der Waals surface area (Å²) < 4.78 is 27.6. The molecule has 0 radical (unpaired) electrons. The predicted molar refractivity (Wildman–Crippen MR) is 76.4 cm³/mol. The van der Waals surface area contributed by atoms with Crippen molar-refractivity contribution in [2.24, 2.45) is 0 Å². The van der Waals surface area contributed by atoms with E-state index in [-0.39, 0.29) is 12.2 Å². The molecule has 2 aliphatic rings. The Morgan fingerprint density at radius 2 is 2.19 bits per heavy atom. The van der Waals surface area contributed by atoms with Gasteiger partial charge in [-0.15, -0.1) is 0 Å². The summed E-state index contributed by atoms with van der Waals surface area (Å²) in [6.45, 7) is 1.82. The topological polar surface area (TPSA) is 85.2 Å². The highest BCUT2D eigenvalue weighted by Crippen LogP contribution is 2.45. The Morgan fingerprint density at radius 1 is 1.48 bits per heavy atom. The third kappa shape index (κ3) is 2.19. The lowest BCUT2D eigenvalue weighted by Crippen LogP contribution is -2.44. The Morgan fingerprint density at radius 3 is 2.81 bits per heavy atom. The predicted octanol–water partition coefficient (Wildman–Crippen LogP) is 1.39. The smallest absolute Gasteiger partial charge is 0.256 e. The molecule has 21 heavy (non-hydrogen) atoms. The van der Waals surface area contributed by atoms with Crippen molar-refractivity contribution < 1.29 is 18.0 Å². The molecule has 2 heterocycles. The average Bonchev–Trinajstić information content (AvgIpc) is 3.10. The average molecular weight is 310 g/mol. The highest BCUT2D eigenvalue weighted by Gasteiger charge is 2.54. The van der Waals surface area contributed by atoms with Crippen molar-refractivity contribution in [2.45, 2.75) is 49.8 Å². The molecule has 1 aromatic heterocycles. The molecule has 6 nitrogen and oxygen atoms in total. The maximum Gasteiger partial charge on any atom is 0.256 e. The molecule has 0 aromatic carbocycles. The number of sulfonamides is 1. The SMILES string of the molecule is CCC1(S(=O)(=O)NC(=O)C2CCC(=O)c3cccn32)CC1. The van der Waals surface area contributed by atoms with Crippen LogP contribution in [0.25, 0.3) is 0 Å². The quantitative estimate of drug-likeness (QED) is 0.910. The van der Waals surface area contributed by atoms with Gasteiger partial charge >= 0.3 is 0 Å². The van der Waals surface area contributed by atoms with Crippen LogP contribution < -0.4 is 4.72 Å². The van der Waals surface area contributed by atoms with Gasteiger partial charge in [0.15, 0.2) is 5.78 Å². The van der Waals surface area contributed by atoms with Crippen molar-refractivity contribution in [3.05, 3.63) is 24.0 Å². The number of rotatable bonds is 4. The first kappa shape index (κ1) is 14.3. The number of ketones is 1. The number of amides is 1. The minimum atomic E-state index is -3.64. The van der Waals surface area contributed by atoms with Gasteiger partial charge in [0.1, 0.15) is 6.04 Å². The molecule has 1 unspecified atom stereocenters. The second kappa shape index (κ2) is 4.69. The van der Waals surface area contributed by atoms with Crippen molar-refractivity contribution in [1.82, 2.24) is 9.29 Å². The van der Waals surface area contributed by atoms with Crippen LogP contribution in [0, 0.1) is 0 Å². The second-order valence-corrected chi connectivity index (χ2v) is 7.86. The van der Waals surface area contributed by atoms with Crippen LogP contribution in [0.3, 0.4) is 0 Å². The Hall–Kier alpha value is -1.63. The molecular weight excluding hydrogens is 292 g/mol. The van der Waals surface area contributed by atoms with Crippen molar-refractivity contribution in [3.63, 3.8) is 0 Å². The van der Waals surface area contributed by atoms with Crippen LogP contribution >= 0.6 is 0 Å². The molecule has 1 aliphatic carbocycles. The first-order valence-corrected chi connectivity index (χ1v) is 8.65. The minimum Gasteiger partial charge on any atom is -0.333 e. The van der Waals surface area contributed by atoms with Gasteiger partial charge in [0, 0.05) is 12.6 Å². The number of Topliss-reactive ketones (excluding diaryl/α,β-unsaturated/α-hetero) is 1. The van der Waals surface area contributed by atoms with Crippen LogP contribution in [-0.2, 0) is 14.8 Å². The van der Waals surface area contributed by atoms with E-state index in [9.17, 15) is 18.0 Å². The number of hydrogen-bond donors (Lipinski definition) is 1. The van der Waals surface area contributed by atoms with Crippen molar-refractivity contribution in [3.8, 4) is 0 Å². The number of nitrogens with zero attached hydrogens (tertiary/aromatic N) is 1. The Bertz CT molecular complexity index is 700. The fraction of sp³-hybridized carbons (Fsp3) is 0.571. The summed E-state index contributed by atoms with van der Waals surface area (Å²) in [4.78, 5) is 24.1. The monoisotopic (exact) mass is 310 g/mol. The van der Waals surface area contributed by atoms with Gasteiger partial charge in [0.25, 0.3) is 5.91 Å². The van der Waals surface area contributed by atoms with Crippen LogP contribution in [0.15, 0.2) is 18.3 Å². The van der Waals surface area contributed by atoms with Crippen LogP contribution in [0.2, 0.25) is 0 Å². The maximum absolute atomic E-state index is 12.3. The molecule has 1 fully saturated rings. The molecule has 3 rings (SSSR count). The molecule has 1 aliphatic heterocycles. The van der Waals surface area contributed by atoms with E-state index in [0.717, 1.165) is 0 Å². The van der Waals surface area contributed by atoms with Crippen LogP contribution in [0.4, 0.5) is 0 Å². The first-order valence-electron chi connectivity index (χ1n) is 7.16. The zero-order valence-electron chi connectivity index (χ0n) is 11.8. The highest BCUT2D eigenvalue weighted by molar-refractivity contribution is 7.91. The van der Waals surface area contributed by atoms with Gasteiger partial charge < -0.3 is 4.57 Å². The van der Waals surface area contributed by atoms with Gasteiger partial charge in [-0.2, -0.15) is 0 Å². The third-order valence-corrected chi connectivity index (χ3v) is 6.91. The standard InChI is InChI=1S/C14H18N2O4S/c1-2-14(7-8-14)21(19,20)15-13(18)11-5-6-12(17)10-4-3-9-16(10)11/h3-4,9,11H,2,5-8H2,1H3,(H,15,18). The number of hydrogen-bond acceptors (Lipinski definition) is 4. The summed E-state index contributed by atoms with van der Waals surface area (Å²) in [5, 5.41) is 0. The summed E-state index contributed by atoms with van der Waals surface area (Å²) in [5.74, 6) is -0.557. The van der Waals surface area contributed by atoms with Crippen molar-refractivity contribution in [1.29, 1.82) is 0 Å². The van der Waals surface area contributed by atoms with E-state index in [1.165, 1.54) is 0 Å². The fourth-order valence-corrected chi connectivity index (χ4v) is 4.59. The number of carbonyl (C=O) groups excluding carboxylic acids is 2. The van der Waals surface area contributed by atoms with Gasteiger partial charge in [-0.25, -0.2) is 8.42 Å². The molecule has 0 spiro atoms. The van der Waals surface area contributed by atoms with Gasteiger partial charge in [0.05, 0.1) is 10.4 Å². The number of nitrogens with one attached hydrogen (secondary N) is 1. The highest BCUT2D eigenvalue weighted by atomic mass is 32.2. The van der Waals surface area contributed by atoms with E-state index >= 15 is 0 Å². The molecule has 1 N–H and O–H groups in total. The van der Waals surface area contributed by atoms with Gasteiger partial charge in [0.2, 0.25) is 10.0 Å².